The number of anilines is 1. The van der Waals surface area contributed by atoms with Gasteiger partial charge in [0, 0.05) is 25.6 Å². The van der Waals surface area contributed by atoms with Gasteiger partial charge >= 0.3 is 6.03 Å². The molecule has 5 nitrogen and oxygen atoms in total. The van der Waals surface area contributed by atoms with Crippen LogP contribution in [0.25, 0.3) is 0 Å². The molecule has 1 fully saturated rings. The van der Waals surface area contributed by atoms with Crippen molar-refractivity contribution in [1.29, 1.82) is 0 Å². The van der Waals surface area contributed by atoms with E-state index < -0.39 is 5.82 Å². The van der Waals surface area contributed by atoms with Crippen molar-refractivity contribution in [3.8, 4) is 0 Å². The van der Waals surface area contributed by atoms with Gasteiger partial charge in [0.1, 0.15) is 5.82 Å². The zero-order chi connectivity index (χ0) is 17.5. The maximum Gasteiger partial charge on any atom is 0.321 e. The standard InChI is InChI=1S/C18H26FN3O2/c1-13(2)17(23)20-10-7-14-8-11-22(12-9-14)18(24)21-16-6-4-3-5-15(16)19/h3-6,13-14H,7-12H2,1-2H3,(H,20,23)(H,21,24). The lowest BCUT2D eigenvalue weighted by atomic mass is 9.93. The molecule has 3 amide bonds. The van der Waals surface area contributed by atoms with Gasteiger partial charge in [0.15, 0.2) is 0 Å². The largest absolute Gasteiger partial charge is 0.356 e. The van der Waals surface area contributed by atoms with E-state index in [4.69, 9.17) is 0 Å². The van der Waals surface area contributed by atoms with E-state index in [1.165, 1.54) is 6.07 Å². The Morgan fingerprint density at radius 3 is 2.54 bits per heavy atom. The van der Waals surface area contributed by atoms with E-state index in [1.807, 2.05) is 13.8 Å². The first-order valence-electron chi connectivity index (χ1n) is 8.55. The minimum atomic E-state index is -0.429. The molecule has 0 aromatic heterocycles. The van der Waals surface area contributed by atoms with E-state index in [2.05, 4.69) is 10.6 Å². The van der Waals surface area contributed by atoms with E-state index in [1.54, 1.807) is 23.1 Å². The summed E-state index contributed by atoms with van der Waals surface area (Å²) in [5.41, 5.74) is 0.209. The van der Waals surface area contributed by atoms with Crippen LogP contribution >= 0.6 is 0 Å². The number of hydrogen-bond acceptors (Lipinski definition) is 2. The summed E-state index contributed by atoms with van der Waals surface area (Å²) in [6, 6.07) is 5.90. The number of urea groups is 1. The van der Waals surface area contributed by atoms with Crippen molar-refractivity contribution >= 4 is 17.6 Å². The van der Waals surface area contributed by atoms with Crippen molar-refractivity contribution in [3.05, 3.63) is 30.1 Å². The highest BCUT2D eigenvalue weighted by Crippen LogP contribution is 2.21. The fraction of sp³-hybridized carbons (Fsp3) is 0.556. The Bertz CT molecular complexity index is 569. The normalized spacial score (nSPS) is 15.4. The Morgan fingerprint density at radius 2 is 1.92 bits per heavy atom. The zero-order valence-electron chi connectivity index (χ0n) is 14.3. The summed E-state index contributed by atoms with van der Waals surface area (Å²) in [4.78, 5) is 25.4. The molecule has 132 valence electrons. The average molecular weight is 335 g/mol. The summed E-state index contributed by atoms with van der Waals surface area (Å²) in [7, 11) is 0. The Balaban J connectivity index is 1.71. The summed E-state index contributed by atoms with van der Waals surface area (Å²) in [5.74, 6) is 0.169. The molecule has 24 heavy (non-hydrogen) atoms. The van der Waals surface area contributed by atoms with Gasteiger partial charge in [-0.05, 0) is 37.3 Å². The van der Waals surface area contributed by atoms with Gasteiger partial charge in [-0.3, -0.25) is 4.79 Å². The van der Waals surface area contributed by atoms with E-state index in [-0.39, 0.29) is 23.5 Å². The van der Waals surface area contributed by atoms with Crippen LogP contribution in [0.15, 0.2) is 24.3 Å². The van der Waals surface area contributed by atoms with Gasteiger partial charge in [0.25, 0.3) is 0 Å². The second-order valence-corrected chi connectivity index (χ2v) is 6.57. The molecule has 0 atom stereocenters. The number of hydrogen-bond donors (Lipinski definition) is 2. The molecular weight excluding hydrogens is 309 g/mol. The van der Waals surface area contributed by atoms with Crippen molar-refractivity contribution in [1.82, 2.24) is 10.2 Å². The quantitative estimate of drug-likeness (QED) is 0.868. The van der Waals surface area contributed by atoms with Crippen molar-refractivity contribution in [2.45, 2.75) is 33.1 Å². The second kappa shape index (κ2) is 8.66. The maximum atomic E-state index is 13.6. The first kappa shape index (κ1) is 18.2. The van der Waals surface area contributed by atoms with Crippen molar-refractivity contribution in [3.63, 3.8) is 0 Å². The van der Waals surface area contributed by atoms with Crippen LogP contribution in [-0.2, 0) is 4.79 Å². The number of halogens is 1. The summed E-state index contributed by atoms with van der Waals surface area (Å²) in [6.07, 6.45) is 2.74. The zero-order valence-corrected chi connectivity index (χ0v) is 14.3. The van der Waals surface area contributed by atoms with Crippen LogP contribution in [0.3, 0.4) is 0 Å². The second-order valence-electron chi connectivity index (χ2n) is 6.57. The molecule has 1 heterocycles. The van der Waals surface area contributed by atoms with Crippen LogP contribution in [0.4, 0.5) is 14.9 Å². The summed E-state index contributed by atoms with van der Waals surface area (Å²) in [6.45, 7) is 5.75. The predicted octanol–water partition coefficient (Wildman–Crippen LogP) is 3.23. The van der Waals surface area contributed by atoms with Crippen molar-refractivity contribution < 1.29 is 14.0 Å². The van der Waals surface area contributed by atoms with Crippen LogP contribution in [-0.4, -0.2) is 36.5 Å². The lowest BCUT2D eigenvalue weighted by molar-refractivity contribution is -0.124. The maximum absolute atomic E-state index is 13.6. The minimum absolute atomic E-state index is 0.00826. The Labute approximate surface area is 142 Å². The smallest absolute Gasteiger partial charge is 0.321 e. The summed E-state index contributed by atoms with van der Waals surface area (Å²) < 4.78 is 13.6. The van der Waals surface area contributed by atoms with Crippen LogP contribution in [0.5, 0.6) is 0 Å². The molecule has 0 spiro atoms. The molecule has 1 saturated heterocycles. The highest BCUT2D eigenvalue weighted by molar-refractivity contribution is 5.89. The molecule has 1 aromatic rings. The lowest BCUT2D eigenvalue weighted by Crippen LogP contribution is -2.41. The molecule has 1 aliphatic rings. The van der Waals surface area contributed by atoms with E-state index in [0.717, 1.165) is 19.3 Å². The lowest BCUT2D eigenvalue weighted by Gasteiger charge is -2.32. The number of piperidine rings is 1. The third-order valence-electron chi connectivity index (χ3n) is 4.39. The third-order valence-corrected chi connectivity index (χ3v) is 4.39. The van der Waals surface area contributed by atoms with Crippen LogP contribution in [0, 0.1) is 17.7 Å². The van der Waals surface area contributed by atoms with Gasteiger partial charge in [0.05, 0.1) is 5.69 Å². The number of nitrogens with zero attached hydrogens (tertiary/aromatic N) is 1. The number of carbonyl (C=O) groups is 2. The first-order valence-corrected chi connectivity index (χ1v) is 8.55. The summed E-state index contributed by atoms with van der Waals surface area (Å²) in [5, 5.41) is 5.55. The average Bonchev–Trinajstić information content (AvgIpc) is 2.57. The number of para-hydroxylation sites is 1. The molecule has 1 aliphatic heterocycles. The van der Waals surface area contributed by atoms with Gasteiger partial charge < -0.3 is 15.5 Å². The van der Waals surface area contributed by atoms with Crippen molar-refractivity contribution in [2.24, 2.45) is 11.8 Å². The topological polar surface area (TPSA) is 61.4 Å². The molecule has 0 unspecified atom stereocenters. The molecular formula is C18H26FN3O2. The molecule has 1 aromatic carbocycles. The first-order chi connectivity index (χ1) is 11.5. The number of nitrogens with one attached hydrogen (secondary N) is 2. The number of rotatable bonds is 5. The van der Waals surface area contributed by atoms with Gasteiger partial charge in [-0.2, -0.15) is 0 Å². The van der Waals surface area contributed by atoms with E-state index in [0.29, 0.717) is 25.6 Å². The van der Waals surface area contributed by atoms with Gasteiger partial charge in [-0.15, -0.1) is 0 Å². The van der Waals surface area contributed by atoms with Crippen LogP contribution < -0.4 is 10.6 Å². The fourth-order valence-corrected chi connectivity index (χ4v) is 2.79. The highest BCUT2D eigenvalue weighted by Gasteiger charge is 2.23. The van der Waals surface area contributed by atoms with Gasteiger partial charge in [0.2, 0.25) is 5.91 Å². The number of likely N-dealkylation sites (tertiary alicyclic amines) is 1. The number of amides is 3. The van der Waals surface area contributed by atoms with Crippen molar-refractivity contribution in [2.75, 3.05) is 25.0 Å². The number of benzene rings is 1. The molecule has 0 radical (unpaired) electrons. The molecule has 0 bridgehead atoms. The summed E-state index contributed by atoms with van der Waals surface area (Å²) >= 11 is 0. The molecule has 2 rings (SSSR count). The van der Waals surface area contributed by atoms with E-state index >= 15 is 0 Å². The van der Waals surface area contributed by atoms with Crippen LogP contribution in [0.1, 0.15) is 33.1 Å². The third kappa shape index (κ3) is 5.22. The van der Waals surface area contributed by atoms with Gasteiger partial charge in [-0.25, -0.2) is 9.18 Å². The SMILES string of the molecule is CC(C)C(=O)NCCC1CCN(C(=O)Nc2ccccc2F)CC1. The molecule has 0 aliphatic carbocycles. The fourth-order valence-electron chi connectivity index (χ4n) is 2.79. The Morgan fingerprint density at radius 1 is 1.25 bits per heavy atom. The van der Waals surface area contributed by atoms with Crippen LogP contribution in [0.2, 0.25) is 0 Å². The van der Waals surface area contributed by atoms with E-state index in [9.17, 15) is 14.0 Å². The molecule has 6 heteroatoms. The minimum Gasteiger partial charge on any atom is -0.356 e. The molecule has 2 N–H and O–H groups in total. The van der Waals surface area contributed by atoms with Gasteiger partial charge in [-0.1, -0.05) is 26.0 Å². The Hall–Kier alpha value is -2.11. The Kier molecular flexibility index (Phi) is 6.58. The monoisotopic (exact) mass is 335 g/mol. The molecule has 0 saturated carbocycles. The number of carbonyl (C=O) groups excluding carboxylic acids is 2. The highest BCUT2D eigenvalue weighted by atomic mass is 19.1. The predicted molar refractivity (Wildman–Crippen MR) is 92.2 cm³/mol.